The van der Waals surface area contributed by atoms with Crippen molar-refractivity contribution in [1.29, 1.82) is 0 Å². The Kier molecular flexibility index (Phi) is 147. The Bertz CT molecular complexity index is 60.4. The first-order valence-electron chi connectivity index (χ1n) is 0.730. The molecular weight excluding hydrogens is 228 g/mol. The summed E-state index contributed by atoms with van der Waals surface area (Å²) in [5.41, 5.74) is 0. The molecule has 0 fully saturated rings. The minimum atomic E-state index is -5.39. The molecule has 0 heterocycles. The zero-order valence-corrected chi connectivity index (χ0v) is 14.0. The van der Waals surface area contributed by atoms with Gasteiger partial charge in [0.1, 0.15) is 0 Å². The molecule has 8 nitrogen and oxygen atoms in total. The van der Waals surface area contributed by atoms with E-state index in [1.54, 1.807) is 0 Å². The molecule has 0 aliphatic rings. The normalized spacial score (nSPS) is 4.92. The third kappa shape index (κ3) is 213. The van der Waals surface area contributed by atoms with E-state index in [2.05, 4.69) is 0 Å². The summed E-state index contributed by atoms with van der Waals surface area (Å²) in [5.74, 6) is 0. The van der Waals surface area contributed by atoms with Gasteiger partial charge < -0.3 is 41.2 Å². The van der Waals surface area contributed by atoms with Crippen LogP contribution in [-0.4, -0.2) is 21.9 Å². The first kappa shape index (κ1) is 60.2. The summed E-state index contributed by atoms with van der Waals surface area (Å²) in [5, 5.41) is 0. The molecule has 0 aromatic heterocycles. The number of rotatable bonds is 0. The minimum Gasteiger partial charge on any atom is -0.822 e. The van der Waals surface area contributed by atoms with Gasteiger partial charge in [-0.15, -0.1) is 0 Å². The predicted molar refractivity (Wildman–Crippen MR) is 22.1 cm³/mol. The second-order valence-electron chi connectivity index (χ2n) is 0.447. The van der Waals surface area contributed by atoms with E-state index in [9.17, 15) is 0 Å². The Hall–Kier alpha value is 2.95. The molecule has 0 aliphatic carbocycles. The molecule has 0 unspecified atom stereocenters. The molecule has 12 heteroatoms. The van der Waals surface area contributed by atoms with Gasteiger partial charge in [0.25, 0.3) is 0 Å². The van der Waals surface area contributed by atoms with Crippen LogP contribution >= 0.6 is 7.82 Å². The van der Waals surface area contributed by atoms with Gasteiger partial charge in [-0.05, 0) is 0 Å². The van der Waals surface area contributed by atoms with E-state index in [-0.39, 0.29) is 111 Å². The monoisotopic (exact) mass is 236 g/mol. The quantitative estimate of drug-likeness (QED) is 0.295. The van der Waals surface area contributed by atoms with Gasteiger partial charge in [0.2, 0.25) is 0 Å². The molecule has 0 saturated carbocycles. The van der Waals surface area contributed by atoms with E-state index < -0.39 is 7.82 Å². The number of hydrogen-bond acceptors (Lipinski definition) is 4. The zero-order chi connectivity index (χ0) is 4.50. The average Bonchev–Trinajstić information content (AvgIpc) is 0.722. The van der Waals surface area contributed by atoms with Gasteiger partial charge >= 0.3 is 88.7 Å². The molecular formula is H8Na3O8P. The van der Waals surface area contributed by atoms with Crippen LogP contribution in [-0.2, 0) is 4.57 Å². The summed E-state index contributed by atoms with van der Waals surface area (Å²) in [4.78, 5) is 25.6. The molecule has 0 saturated heterocycles. The van der Waals surface area contributed by atoms with Gasteiger partial charge in [0, 0.05) is 0 Å². The summed E-state index contributed by atoms with van der Waals surface area (Å²) >= 11 is 0. The molecule has 0 spiro atoms. The van der Waals surface area contributed by atoms with Crippen molar-refractivity contribution in [3.8, 4) is 0 Å². The van der Waals surface area contributed by atoms with E-state index in [1.165, 1.54) is 0 Å². The standard InChI is InChI=1S/3Na.H3O4P.4H2O/c;;;1-5(2,3)4;;;;/h;;;(H3,1,2,3,4);4*1H2/q3*+1;;;;;/p-3. The molecule has 0 aromatic rings. The van der Waals surface area contributed by atoms with Gasteiger partial charge in [-0.3, -0.25) is 0 Å². The molecule has 12 heavy (non-hydrogen) atoms. The van der Waals surface area contributed by atoms with Crippen molar-refractivity contribution in [3.05, 3.63) is 0 Å². The van der Waals surface area contributed by atoms with Crippen molar-refractivity contribution in [2.75, 3.05) is 0 Å². The summed E-state index contributed by atoms with van der Waals surface area (Å²) in [6.45, 7) is 0. The zero-order valence-electron chi connectivity index (χ0n) is 7.08. The first-order chi connectivity index (χ1) is 2.00. The van der Waals surface area contributed by atoms with E-state index >= 15 is 0 Å². The van der Waals surface area contributed by atoms with Gasteiger partial charge in [-0.1, -0.05) is 0 Å². The second kappa shape index (κ2) is 29.2. The summed E-state index contributed by atoms with van der Waals surface area (Å²) in [7, 11) is -5.39. The van der Waals surface area contributed by atoms with E-state index in [1.807, 2.05) is 0 Å². The van der Waals surface area contributed by atoms with Crippen molar-refractivity contribution >= 4 is 7.82 Å². The van der Waals surface area contributed by atoms with Gasteiger partial charge in [-0.2, -0.15) is 7.82 Å². The van der Waals surface area contributed by atoms with Crippen molar-refractivity contribution in [2.45, 2.75) is 0 Å². The van der Waals surface area contributed by atoms with Crippen molar-refractivity contribution in [1.82, 2.24) is 0 Å². The number of phosphoric acid groups is 1. The van der Waals surface area contributed by atoms with Crippen LogP contribution in [0.4, 0.5) is 0 Å². The Morgan fingerprint density at radius 2 is 0.667 bits per heavy atom. The van der Waals surface area contributed by atoms with Crippen LogP contribution in [0.2, 0.25) is 0 Å². The summed E-state index contributed by atoms with van der Waals surface area (Å²) < 4.78 is 8.55. The third-order valence-electron chi connectivity index (χ3n) is 0. The summed E-state index contributed by atoms with van der Waals surface area (Å²) in [6.07, 6.45) is 0. The van der Waals surface area contributed by atoms with Crippen LogP contribution in [0, 0.1) is 0 Å². The fraction of sp³-hybridized carbons (Fsp3) is 0. The fourth-order valence-corrected chi connectivity index (χ4v) is 0. The third-order valence-corrected chi connectivity index (χ3v) is 0. The Balaban J connectivity index is -0.00000000381. The first-order valence-corrected chi connectivity index (χ1v) is 2.19. The topological polar surface area (TPSA) is 212 Å². The van der Waals surface area contributed by atoms with E-state index in [0.29, 0.717) is 0 Å². The van der Waals surface area contributed by atoms with Crippen molar-refractivity contribution in [3.63, 3.8) is 0 Å². The molecule has 0 aliphatic heterocycles. The van der Waals surface area contributed by atoms with E-state index in [4.69, 9.17) is 19.2 Å². The summed E-state index contributed by atoms with van der Waals surface area (Å²) in [6, 6.07) is 0. The molecule has 0 bridgehead atoms. The van der Waals surface area contributed by atoms with Crippen LogP contribution in [0.15, 0.2) is 0 Å². The molecule has 0 radical (unpaired) electrons. The Labute approximate surface area is 135 Å². The molecule has 64 valence electrons. The maximum absolute atomic E-state index is 8.55. The van der Waals surface area contributed by atoms with Crippen molar-refractivity contribution < 1.29 is 130 Å². The fourth-order valence-electron chi connectivity index (χ4n) is 0. The maximum atomic E-state index is 8.55. The molecule has 8 N–H and O–H groups in total. The molecule has 0 rings (SSSR count). The van der Waals surface area contributed by atoms with Crippen LogP contribution in [0.1, 0.15) is 0 Å². The predicted octanol–water partition coefficient (Wildman–Crippen LogP) is -15.1. The maximum Gasteiger partial charge on any atom is 1.00 e. The average molecular weight is 236 g/mol. The van der Waals surface area contributed by atoms with Crippen LogP contribution < -0.4 is 103 Å². The van der Waals surface area contributed by atoms with Crippen LogP contribution in [0.3, 0.4) is 0 Å². The second-order valence-corrected chi connectivity index (χ2v) is 1.34. The Morgan fingerprint density at radius 1 is 0.667 bits per heavy atom. The van der Waals surface area contributed by atoms with Crippen molar-refractivity contribution in [2.24, 2.45) is 0 Å². The van der Waals surface area contributed by atoms with E-state index in [0.717, 1.165) is 0 Å². The number of hydrogen-bond donors (Lipinski definition) is 0. The smallest absolute Gasteiger partial charge is 0.822 e. The van der Waals surface area contributed by atoms with Gasteiger partial charge in [0.05, 0.1) is 0 Å². The Morgan fingerprint density at radius 3 is 0.667 bits per heavy atom. The SMILES string of the molecule is O.O.O.O.O=P([O-])([O-])[O-].[Na+].[Na+].[Na+]. The minimum absolute atomic E-state index is 0. The molecule has 0 aromatic carbocycles. The molecule has 0 amide bonds. The largest absolute Gasteiger partial charge is 1.00 e. The van der Waals surface area contributed by atoms with Crippen LogP contribution in [0.5, 0.6) is 0 Å². The van der Waals surface area contributed by atoms with Crippen LogP contribution in [0.25, 0.3) is 0 Å². The van der Waals surface area contributed by atoms with Gasteiger partial charge in [0.15, 0.2) is 0 Å². The van der Waals surface area contributed by atoms with Gasteiger partial charge in [-0.25, -0.2) is 0 Å². The molecule has 0 atom stereocenters.